The van der Waals surface area contributed by atoms with Crippen molar-refractivity contribution >= 4 is 5.82 Å². The highest BCUT2D eigenvalue weighted by Crippen LogP contribution is 2.25. The summed E-state index contributed by atoms with van der Waals surface area (Å²) in [6.45, 7) is 8.27. The standard InChI is InChI=1S/C13H26N4O/c1-10(2)17(7-6-8-18)13-12(9-14-4)11(3)15-16(13)5/h10,14,18H,6-9H2,1-5H3. The second-order valence-corrected chi connectivity index (χ2v) is 4.91. The van der Waals surface area contributed by atoms with Gasteiger partial charge in [0.2, 0.25) is 0 Å². The third kappa shape index (κ3) is 3.23. The lowest BCUT2D eigenvalue weighted by Gasteiger charge is -2.29. The Hall–Kier alpha value is -1.07. The van der Waals surface area contributed by atoms with Crippen LogP contribution < -0.4 is 10.2 Å². The molecule has 0 unspecified atom stereocenters. The van der Waals surface area contributed by atoms with Crippen LogP contribution in [0, 0.1) is 6.92 Å². The lowest BCUT2D eigenvalue weighted by molar-refractivity contribution is 0.288. The Morgan fingerprint density at radius 1 is 1.44 bits per heavy atom. The van der Waals surface area contributed by atoms with Crippen LogP contribution in [0.5, 0.6) is 0 Å². The molecule has 0 aromatic carbocycles. The van der Waals surface area contributed by atoms with Crippen molar-refractivity contribution in [3.05, 3.63) is 11.3 Å². The molecule has 18 heavy (non-hydrogen) atoms. The average molecular weight is 254 g/mol. The summed E-state index contributed by atoms with van der Waals surface area (Å²) in [5.74, 6) is 1.16. The minimum Gasteiger partial charge on any atom is -0.396 e. The van der Waals surface area contributed by atoms with Crippen LogP contribution in [0.15, 0.2) is 0 Å². The fraction of sp³-hybridized carbons (Fsp3) is 0.769. The van der Waals surface area contributed by atoms with Gasteiger partial charge < -0.3 is 15.3 Å². The van der Waals surface area contributed by atoms with Crippen LogP contribution in [-0.4, -0.2) is 41.1 Å². The SMILES string of the molecule is CNCc1c(C)nn(C)c1N(CCCO)C(C)C. The Bertz CT molecular complexity index is 373. The molecule has 0 amide bonds. The molecule has 5 heteroatoms. The van der Waals surface area contributed by atoms with Gasteiger partial charge >= 0.3 is 0 Å². The Morgan fingerprint density at radius 3 is 2.61 bits per heavy atom. The topological polar surface area (TPSA) is 53.3 Å². The number of rotatable bonds is 7. The van der Waals surface area contributed by atoms with Crippen LogP contribution in [0.1, 0.15) is 31.5 Å². The highest BCUT2D eigenvalue weighted by atomic mass is 16.3. The number of anilines is 1. The number of hydrogen-bond donors (Lipinski definition) is 2. The molecule has 1 heterocycles. The molecule has 0 aliphatic carbocycles. The molecule has 0 atom stereocenters. The van der Waals surface area contributed by atoms with Crippen LogP contribution >= 0.6 is 0 Å². The Balaban J connectivity index is 3.09. The quantitative estimate of drug-likeness (QED) is 0.763. The maximum Gasteiger partial charge on any atom is 0.131 e. The predicted molar refractivity (Wildman–Crippen MR) is 74.9 cm³/mol. The summed E-state index contributed by atoms with van der Waals surface area (Å²) in [6, 6.07) is 0.391. The van der Waals surface area contributed by atoms with E-state index in [2.05, 4.69) is 29.2 Å². The zero-order valence-electron chi connectivity index (χ0n) is 12.2. The summed E-state index contributed by atoms with van der Waals surface area (Å²) in [7, 11) is 3.93. The van der Waals surface area contributed by atoms with Crippen LogP contribution in [-0.2, 0) is 13.6 Å². The van der Waals surface area contributed by atoms with Crippen molar-refractivity contribution in [1.29, 1.82) is 0 Å². The smallest absolute Gasteiger partial charge is 0.131 e. The van der Waals surface area contributed by atoms with Crippen LogP contribution in [0.2, 0.25) is 0 Å². The molecule has 1 aromatic rings. The highest BCUT2D eigenvalue weighted by Gasteiger charge is 2.20. The summed E-state index contributed by atoms with van der Waals surface area (Å²) in [5, 5.41) is 16.7. The van der Waals surface area contributed by atoms with Gasteiger partial charge in [-0.15, -0.1) is 0 Å². The molecule has 0 bridgehead atoms. The monoisotopic (exact) mass is 254 g/mol. The van der Waals surface area contributed by atoms with Gasteiger partial charge in [0.15, 0.2) is 0 Å². The lowest BCUT2D eigenvalue weighted by Crippen LogP contribution is -2.34. The van der Waals surface area contributed by atoms with E-state index in [1.165, 1.54) is 5.56 Å². The first kappa shape index (κ1) is 15.0. The van der Waals surface area contributed by atoms with E-state index in [0.717, 1.165) is 31.0 Å². The van der Waals surface area contributed by atoms with E-state index < -0.39 is 0 Å². The van der Waals surface area contributed by atoms with Crippen LogP contribution in [0.3, 0.4) is 0 Å². The first-order valence-corrected chi connectivity index (χ1v) is 6.57. The van der Waals surface area contributed by atoms with Crippen molar-refractivity contribution in [1.82, 2.24) is 15.1 Å². The number of aliphatic hydroxyl groups is 1. The zero-order chi connectivity index (χ0) is 13.7. The van der Waals surface area contributed by atoms with Gasteiger partial charge in [-0.1, -0.05) is 0 Å². The van der Waals surface area contributed by atoms with Crippen LogP contribution in [0.25, 0.3) is 0 Å². The van der Waals surface area contributed by atoms with E-state index in [4.69, 9.17) is 5.11 Å². The van der Waals surface area contributed by atoms with Gasteiger partial charge in [0.1, 0.15) is 5.82 Å². The van der Waals surface area contributed by atoms with Gasteiger partial charge in [-0.05, 0) is 34.2 Å². The van der Waals surface area contributed by atoms with Crippen molar-refractivity contribution in [2.45, 2.75) is 39.8 Å². The lowest BCUT2D eigenvalue weighted by atomic mass is 10.2. The summed E-state index contributed by atoms with van der Waals surface area (Å²) in [5.41, 5.74) is 2.31. The molecule has 0 spiro atoms. The largest absolute Gasteiger partial charge is 0.396 e. The van der Waals surface area contributed by atoms with E-state index in [0.29, 0.717) is 6.04 Å². The molecule has 0 aliphatic rings. The molecule has 0 saturated heterocycles. The fourth-order valence-electron chi connectivity index (χ4n) is 2.28. The van der Waals surface area contributed by atoms with Gasteiger partial charge in [0.25, 0.3) is 0 Å². The third-order valence-corrected chi connectivity index (χ3v) is 3.12. The van der Waals surface area contributed by atoms with E-state index in [1.807, 2.05) is 25.7 Å². The summed E-state index contributed by atoms with van der Waals surface area (Å²) in [6.07, 6.45) is 0.779. The van der Waals surface area contributed by atoms with E-state index in [9.17, 15) is 0 Å². The molecule has 2 N–H and O–H groups in total. The molecule has 5 nitrogen and oxygen atoms in total. The summed E-state index contributed by atoms with van der Waals surface area (Å²) >= 11 is 0. The van der Waals surface area contributed by atoms with Gasteiger partial charge in [-0.2, -0.15) is 5.10 Å². The third-order valence-electron chi connectivity index (χ3n) is 3.12. The van der Waals surface area contributed by atoms with Gasteiger partial charge in [0, 0.05) is 38.3 Å². The molecule has 0 fully saturated rings. The molecular weight excluding hydrogens is 228 g/mol. The maximum atomic E-state index is 9.03. The highest BCUT2D eigenvalue weighted by molar-refractivity contribution is 5.50. The molecule has 0 saturated carbocycles. The fourth-order valence-corrected chi connectivity index (χ4v) is 2.28. The van der Waals surface area contributed by atoms with Gasteiger partial charge in [-0.25, -0.2) is 0 Å². The molecule has 1 rings (SSSR count). The van der Waals surface area contributed by atoms with E-state index >= 15 is 0 Å². The normalized spacial score (nSPS) is 11.3. The number of aromatic nitrogens is 2. The first-order chi connectivity index (χ1) is 8.52. The van der Waals surface area contributed by atoms with E-state index in [1.54, 1.807) is 0 Å². The molecular formula is C13H26N4O. The van der Waals surface area contributed by atoms with Crippen molar-refractivity contribution in [3.8, 4) is 0 Å². The number of nitrogens with one attached hydrogen (secondary N) is 1. The minimum absolute atomic E-state index is 0.224. The Kier molecular flexibility index (Phi) is 5.62. The molecule has 1 aromatic heterocycles. The van der Waals surface area contributed by atoms with Crippen LogP contribution in [0.4, 0.5) is 5.82 Å². The number of nitrogens with zero attached hydrogens (tertiary/aromatic N) is 3. The van der Waals surface area contributed by atoms with Crippen molar-refractivity contribution in [2.24, 2.45) is 7.05 Å². The molecule has 104 valence electrons. The second-order valence-electron chi connectivity index (χ2n) is 4.91. The van der Waals surface area contributed by atoms with Gasteiger partial charge in [-0.3, -0.25) is 4.68 Å². The maximum absolute atomic E-state index is 9.03. The van der Waals surface area contributed by atoms with Crippen molar-refractivity contribution < 1.29 is 5.11 Å². The average Bonchev–Trinajstić information content (AvgIpc) is 2.56. The zero-order valence-corrected chi connectivity index (χ0v) is 12.2. The minimum atomic E-state index is 0.224. The Labute approximate surface area is 110 Å². The number of aliphatic hydroxyl groups excluding tert-OH is 1. The second kappa shape index (κ2) is 6.75. The summed E-state index contributed by atoms with van der Waals surface area (Å²) < 4.78 is 1.94. The molecule has 0 aliphatic heterocycles. The molecule has 0 radical (unpaired) electrons. The summed E-state index contributed by atoms with van der Waals surface area (Å²) in [4.78, 5) is 2.31. The Morgan fingerprint density at radius 2 is 2.11 bits per heavy atom. The number of aryl methyl sites for hydroxylation is 2. The first-order valence-electron chi connectivity index (χ1n) is 6.57. The number of hydrogen-bond acceptors (Lipinski definition) is 4. The van der Waals surface area contributed by atoms with E-state index in [-0.39, 0.29) is 6.61 Å². The van der Waals surface area contributed by atoms with Crippen molar-refractivity contribution in [3.63, 3.8) is 0 Å². The van der Waals surface area contributed by atoms with Gasteiger partial charge in [0.05, 0.1) is 5.69 Å². The van der Waals surface area contributed by atoms with Crippen molar-refractivity contribution in [2.75, 3.05) is 25.1 Å². The predicted octanol–water partition coefficient (Wildman–Crippen LogP) is 1.05.